The minimum absolute atomic E-state index is 0.418. The Balaban J connectivity index is 2.12. The van der Waals surface area contributed by atoms with Crippen molar-refractivity contribution in [1.82, 2.24) is 9.47 Å². The van der Waals surface area contributed by atoms with Crippen LogP contribution in [-0.2, 0) is 6.54 Å². The second-order valence-corrected chi connectivity index (χ2v) is 6.37. The van der Waals surface area contributed by atoms with E-state index in [4.69, 9.17) is 0 Å². The van der Waals surface area contributed by atoms with Gasteiger partial charge in [0.05, 0.1) is 0 Å². The zero-order valence-electron chi connectivity index (χ0n) is 13.2. The number of aldehydes is 1. The van der Waals surface area contributed by atoms with Crippen LogP contribution in [-0.4, -0.2) is 39.0 Å². The van der Waals surface area contributed by atoms with Crippen LogP contribution in [0.1, 0.15) is 37.6 Å². The number of aromatic nitrogens is 1. The fourth-order valence-electron chi connectivity index (χ4n) is 2.67. The van der Waals surface area contributed by atoms with Crippen LogP contribution < -0.4 is 0 Å². The number of carbonyl (C=O) groups is 2. The molecule has 2 rings (SSSR count). The van der Waals surface area contributed by atoms with E-state index in [1.165, 1.54) is 4.90 Å². The topological polar surface area (TPSA) is 62.5 Å². The number of aryl methyl sites for hydroxylation is 1. The number of para-hydroxylation sites is 1. The highest BCUT2D eigenvalue weighted by molar-refractivity contribution is 5.97. The van der Waals surface area contributed by atoms with Gasteiger partial charge in [0.2, 0.25) is 0 Å². The highest BCUT2D eigenvalue weighted by Crippen LogP contribution is 2.21. The van der Waals surface area contributed by atoms with Gasteiger partial charge in [-0.3, -0.25) is 4.79 Å². The number of hydrogen-bond donors (Lipinski definition) is 1. The van der Waals surface area contributed by atoms with E-state index >= 15 is 0 Å². The average molecular weight is 302 g/mol. The SMILES string of the molecule is CC(C)(C)N(CCCn1cc(C=O)c2ccccc21)C(=O)O. The van der Waals surface area contributed by atoms with Crippen molar-refractivity contribution in [1.29, 1.82) is 0 Å². The largest absolute Gasteiger partial charge is 0.465 e. The van der Waals surface area contributed by atoms with E-state index in [1.54, 1.807) is 0 Å². The van der Waals surface area contributed by atoms with Gasteiger partial charge in [0.15, 0.2) is 6.29 Å². The van der Waals surface area contributed by atoms with Crippen LogP contribution in [0.3, 0.4) is 0 Å². The molecular formula is C17H22N2O3. The number of amides is 1. The Bertz CT molecular complexity index is 683. The molecule has 118 valence electrons. The monoisotopic (exact) mass is 302 g/mol. The van der Waals surface area contributed by atoms with Gasteiger partial charge < -0.3 is 14.6 Å². The summed E-state index contributed by atoms with van der Waals surface area (Å²) in [5, 5.41) is 10.2. The molecule has 1 aromatic carbocycles. The lowest BCUT2D eigenvalue weighted by Gasteiger charge is -2.33. The molecule has 0 atom stereocenters. The number of fused-ring (bicyclic) bond motifs is 1. The van der Waals surface area contributed by atoms with Crippen LogP contribution in [0, 0.1) is 0 Å². The first-order chi connectivity index (χ1) is 10.3. The Hall–Kier alpha value is -2.30. The summed E-state index contributed by atoms with van der Waals surface area (Å²) in [5.74, 6) is 0. The minimum Gasteiger partial charge on any atom is -0.465 e. The molecule has 0 aliphatic carbocycles. The van der Waals surface area contributed by atoms with Gasteiger partial charge in [-0.15, -0.1) is 0 Å². The summed E-state index contributed by atoms with van der Waals surface area (Å²) >= 11 is 0. The van der Waals surface area contributed by atoms with Crippen molar-refractivity contribution < 1.29 is 14.7 Å². The Morgan fingerprint density at radius 3 is 2.59 bits per heavy atom. The molecule has 0 aliphatic heterocycles. The number of nitrogens with zero attached hydrogens (tertiary/aromatic N) is 2. The fraction of sp³-hybridized carbons (Fsp3) is 0.412. The van der Waals surface area contributed by atoms with Crippen LogP contribution in [0.4, 0.5) is 4.79 Å². The fourth-order valence-corrected chi connectivity index (χ4v) is 2.67. The van der Waals surface area contributed by atoms with Gasteiger partial charge in [-0.1, -0.05) is 18.2 Å². The Labute approximate surface area is 130 Å². The van der Waals surface area contributed by atoms with Gasteiger partial charge in [0, 0.05) is 41.3 Å². The van der Waals surface area contributed by atoms with Crippen molar-refractivity contribution in [2.45, 2.75) is 39.3 Å². The molecule has 5 nitrogen and oxygen atoms in total. The predicted octanol–water partition coefficient (Wildman–Crippen LogP) is 3.62. The first-order valence-electron chi connectivity index (χ1n) is 7.38. The number of benzene rings is 1. The van der Waals surface area contributed by atoms with Crippen molar-refractivity contribution in [3.63, 3.8) is 0 Å². The zero-order valence-corrected chi connectivity index (χ0v) is 13.2. The third kappa shape index (κ3) is 3.30. The third-order valence-corrected chi connectivity index (χ3v) is 3.77. The minimum atomic E-state index is -0.904. The van der Waals surface area contributed by atoms with E-state index in [-0.39, 0.29) is 0 Å². The van der Waals surface area contributed by atoms with Gasteiger partial charge in [0.1, 0.15) is 0 Å². The lowest BCUT2D eigenvalue weighted by Crippen LogP contribution is -2.45. The number of hydrogen-bond acceptors (Lipinski definition) is 2. The van der Waals surface area contributed by atoms with E-state index in [9.17, 15) is 14.7 Å². The lowest BCUT2D eigenvalue weighted by molar-refractivity contribution is 0.0987. The second kappa shape index (κ2) is 6.22. The Morgan fingerprint density at radius 1 is 1.32 bits per heavy atom. The molecular weight excluding hydrogens is 280 g/mol. The van der Waals surface area contributed by atoms with E-state index in [2.05, 4.69) is 0 Å². The van der Waals surface area contributed by atoms with E-state index in [0.717, 1.165) is 17.2 Å². The summed E-state index contributed by atoms with van der Waals surface area (Å²) in [4.78, 5) is 23.9. The molecule has 0 spiro atoms. The van der Waals surface area contributed by atoms with Gasteiger partial charge in [0.25, 0.3) is 0 Å². The van der Waals surface area contributed by atoms with Crippen molar-refractivity contribution in [2.24, 2.45) is 0 Å². The van der Waals surface area contributed by atoms with Gasteiger partial charge >= 0.3 is 6.09 Å². The van der Waals surface area contributed by atoms with Crippen molar-refractivity contribution in [3.8, 4) is 0 Å². The first kappa shape index (κ1) is 16.1. The van der Waals surface area contributed by atoms with Crippen LogP contribution in [0.25, 0.3) is 10.9 Å². The molecule has 1 N–H and O–H groups in total. The maximum atomic E-state index is 11.3. The molecule has 1 amide bonds. The van der Waals surface area contributed by atoms with Crippen LogP contribution in [0.5, 0.6) is 0 Å². The Morgan fingerprint density at radius 2 is 2.00 bits per heavy atom. The molecule has 0 bridgehead atoms. The number of rotatable bonds is 5. The lowest BCUT2D eigenvalue weighted by atomic mass is 10.1. The molecule has 0 radical (unpaired) electrons. The maximum Gasteiger partial charge on any atom is 0.407 e. The van der Waals surface area contributed by atoms with Crippen LogP contribution >= 0.6 is 0 Å². The quantitative estimate of drug-likeness (QED) is 0.858. The first-order valence-corrected chi connectivity index (χ1v) is 7.38. The summed E-state index contributed by atoms with van der Waals surface area (Å²) in [7, 11) is 0. The Kier molecular flexibility index (Phi) is 4.54. The molecule has 0 saturated carbocycles. The smallest absolute Gasteiger partial charge is 0.407 e. The van der Waals surface area contributed by atoms with E-state index < -0.39 is 11.6 Å². The summed E-state index contributed by atoms with van der Waals surface area (Å²) in [6.45, 7) is 6.79. The molecule has 2 aromatic rings. The summed E-state index contributed by atoms with van der Waals surface area (Å²) in [6.07, 6.45) is 2.48. The second-order valence-electron chi connectivity index (χ2n) is 6.37. The molecule has 0 aliphatic rings. The standard InChI is InChI=1S/C17H22N2O3/c1-17(2,3)19(16(21)22)10-6-9-18-11-13(12-20)14-7-4-5-8-15(14)18/h4-5,7-8,11-12H,6,9-10H2,1-3H3,(H,21,22). The van der Waals surface area contributed by atoms with Gasteiger partial charge in [-0.05, 0) is 33.3 Å². The highest BCUT2D eigenvalue weighted by Gasteiger charge is 2.25. The molecule has 22 heavy (non-hydrogen) atoms. The molecule has 1 heterocycles. The summed E-state index contributed by atoms with van der Waals surface area (Å²) in [5.41, 5.74) is 1.25. The zero-order chi connectivity index (χ0) is 16.3. The van der Waals surface area contributed by atoms with Crippen molar-refractivity contribution in [3.05, 3.63) is 36.0 Å². The summed E-state index contributed by atoms with van der Waals surface area (Å²) < 4.78 is 2.02. The van der Waals surface area contributed by atoms with Crippen molar-refractivity contribution in [2.75, 3.05) is 6.54 Å². The molecule has 5 heteroatoms. The summed E-state index contributed by atoms with van der Waals surface area (Å²) in [6, 6.07) is 7.74. The maximum absolute atomic E-state index is 11.3. The third-order valence-electron chi connectivity index (χ3n) is 3.77. The van der Waals surface area contributed by atoms with Crippen LogP contribution in [0.15, 0.2) is 30.5 Å². The van der Waals surface area contributed by atoms with Crippen LogP contribution in [0.2, 0.25) is 0 Å². The van der Waals surface area contributed by atoms with E-state index in [0.29, 0.717) is 25.1 Å². The predicted molar refractivity (Wildman–Crippen MR) is 86.4 cm³/mol. The molecule has 1 aromatic heterocycles. The van der Waals surface area contributed by atoms with Gasteiger partial charge in [-0.2, -0.15) is 0 Å². The number of carboxylic acid groups (broad SMARTS) is 1. The average Bonchev–Trinajstić information content (AvgIpc) is 2.80. The highest BCUT2D eigenvalue weighted by atomic mass is 16.4. The van der Waals surface area contributed by atoms with E-state index in [1.807, 2.05) is 55.8 Å². The molecule has 0 fully saturated rings. The normalized spacial score (nSPS) is 11.6. The molecule has 0 saturated heterocycles. The molecule has 0 unspecified atom stereocenters. The van der Waals surface area contributed by atoms with Crippen molar-refractivity contribution >= 4 is 23.3 Å². The number of carbonyl (C=O) groups excluding carboxylic acids is 1. The van der Waals surface area contributed by atoms with Gasteiger partial charge in [-0.25, -0.2) is 4.79 Å².